The number of hydrogen-bond acceptors (Lipinski definition) is 3. The van der Waals surface area contributed by atoms with E-state index >= 15 is 0 Å². The van der Waals surface area contributed by atoms with E-state index in [-0.39, 0.29) is 17.1 Å². The van der Waals surface area contributed by atoms with Crippen LogP contribution in [-0.4, -0.2) is 32.6 Å². The smallest absolute Gasteiger partial charge is 0.221 e. The molecule has 2 aromatic rings. The van der Waals surface area contributed by atoms with Crippen LogP contribution in [0.5, 0.6) is 5.75 Å². The fraction of sp³-hybridized carbons (Fsp3) is 0.364. The molecule has 0 unspecified atom stereocenters. The Morgan fingerprint density at radius 2 is 1.93 bits per heavy atom. The Kier molecular flexibility index (Phi) is 7.59. The average Bonchev–Trinajstić information content (AvgIpc) is 2.68. The SMILES string of the molecule is CN=C(NCc1ccc(OC)c(NC(C)=O)c1)NCC(C)(C)c1cccc(F)c1. The molecule has 0 bridgehead atoms. The van der Waals surface area contributed by atoms with Gasteiger partial charge in [-0.1, -0.05) is 32.0 Å². The minimum Gasteiger partial charge on any atom is -0.495 e. The fourth-order valence-corrected chi connectivity index (χ4v) is 2.88. The van der Waals surface area contributed by atoms with Gasteiger partial charge >= 0.3 is 0 Å². The lowest BCUT2D eigenvalue weighted by atomic mass is 9.84. The number of nitrogens with zero attached hydrogens (tertiary/aromatic N) is 1. The predicted octanol–water partition coefficient (Wildman–Crippen LogP) is 3.44. The summed E-state index contributed by atoms with van der Waals surface area (Å²) in [4.78, 5) is 15.6. The van der Waals surface area contributed by atoms with Gasteiger partial charge in [0, 0.05) is 32.5 Å². The highest BCUT2D eigenvalue weighted by molar-refractivity contribution is 5.90. The Labute approximate surface area is 171 Å². The molecule has 156 valence electrons. The molecule has 29 heavy (non-hydrogen) atoms. The predicted molar refractivity (Wildman–Crippen MR) is 115 cm³/mol. The van der Waals surface area contributed by atoms with Crippen molar-refractivity contribution in [3.05, 3.63) is 59.4 Å². The second-order valence-corrected chi connectivity index (χ2v) is 7.39. The topological polar surface area (TPSA) is 74.8 Å². The Bertz CT molecular complexity index is 881. The maximum atomic E-state index is 13.5. The Hall–Kier alpha value is -3.09. The molecular weight excluding hydrogens is 371 g/mol. The summed E-state index contributed by atoms with van der Waals surface area (Å²) in [5.41, 5.74) is 2.21. The van der Waals surface area contributed by atoms with Crippen LogP contribution >= 0.6 is 0 Å². The van der Waals surface area contributed by atoms with Crippen molar-refractivity contribution in [2.45, 2.75) is 32.7 Å². The first-order valence-electron chi connectivity index (χ1n) is 9.40. The van der Waals surface area contributed by atoms with Crippen LogP contribution in [0.25, 0.3) is 0 Å². The summed E-state index contributed by atoms with van der Waals surface area (Å²) in [5.74, 6) is 0.827. The van der Waals surface area contributed by atoms with Crippen molar-refractivity contribution in [2.24, 2.45) is 4.99 Å². The number of methoxy groups -OCH3 is 1. The zero-order valence-electron chi connectivity index (χ0n) is 17.6. The lowest BCUT2D eigenvalue weighted by Crippen LogP contribution is -2.43. The van der Waals surface area contributed by atoms with Crippen molar-refractivity contribution in [3.8, 4) is 5.75 Å². The van der Waals surface area contributed by atoms with Gasteiger partial charge in [-0.3, -0.25) is 9.79 Å². The molecule has 2 aromatic carbocycles. The second kappa shape index (κ2) is 9.91. The first-order chi connectivity index (χ1) is 13.7. The number of benzene rings is 2. The van der Waals surface area contributed by atoms with Crippen LogP contribution in [-0.2, 0) is 16.8 Å². The molecule has 0 atom stereocenters. The quantitative estimate of drug-likeness (QED) is 0.492. The van der Waals surface area contributed by atoms with Gasteiger partial charge in [-0.25, -0.2) is 4.39 Å². The van der Waals surface area contributed by atoms with Gasteiger partial charge < -0.3 is 20.7 Å². The van der Waals surface area contributed by atoms with E-state index in [1.165, 1.54) is 13.0 Å². The molecule has 1 amide bonds. The second-order valence-electron chi connectivity index (χ2n) is 7.39. The number of nitrogens with one attached hydrogen (secondary N) is 3. The average molecular weight is 400 g/mol. The maximum absolute atomic E-state index is 13.5. The zero-order valence-corrected chi connectivity index (χ0v) is 17.6. The highest BCUT2D eigenvalue weighted by Crippen LogP contribution is 2.25. The summed E-state index contributed by atoms with van der Waals surface area (Å²) in [7, 11) is 3.26. The lowest BCUT2D eigenvalue weighted by molar-refractivity contribution is -0.114. The molecule has 2 rings (SSSR count). The molecule has 6 nitrogen and oxygen atoms in total. The number of aliphatic imine (C=N–C) groups is 1. The third kappa shape index (κ3) is 6.48. The molecule has 0 aliphatic carbocycles. The van der Waals surface area contributed by atoms with Gasteiger partial charge in [-0.15, -0.1) is 0 Å². The number of ether oxygens (including phenoxy) is 1. The Morgan fingerprint density at radius 3 is 2.55 bits per heavy atom. The largest absolute Gasteiger partial charge is 0.495 e. The minimum atomic E-state index is -0.279. The minimum absolute atomic E-state index is 0.162. The molecule has 0 aliphatic rings. The van der Waals surface area contributed by atoms with Crippen LogP contribution in [0.3, 0.4) is 0 Å². The summed E-state index contributed by atoms with van der Waals surface area (Å²) in [5, 5.41) is 9.31. The number of halogens is 1. The summed E-state index contributed by atoms with van der Waals surface area (Å²) in [6.45, 7) is 6.64. The van der Waals surface area contributed by atoms with E-state index in [0.29, 0.717) is 30.5 Å². The molecule has 0 aromatic heterocycles. The number of rotatable bonds is 7. The molecule has 0 saturated heterocycles. The van der Waals surface area contributed by atoms with E-state index < -0.39 is 0 Å². The number of hydrogen-bond donors (Lipinski definition) is 3. The number of amides is 1. The van der Waals surface area contributed by atoms with Crippen LogP contribution in [0.4, 0.5) is 10.1 Å². The normalized spacial score (nSPS) is 11.7. The molecule has 0 spiro atoms. The van der Waals surface area contributed by atoms with Crippen molar-refractivity contribution in [1.29, 1.82) is 0 Å². The van der Waals surface area contributed by atoms with Gasteiger partial charge in [0.2, 0.25) is 5.91 Å². The Balaban J connectivity index is 1.99. The Morgan fingerprint density at radius 1 is 1.17 bits per heavy atom. The van der Waals surface area contributed by atoms with Crippen molar-refractivity contribution >= 4 is 17.6 Å². The van der Waals surface area contributed by atoms with Gasteiger partial charge in [-0.05, 0) is 35.4 Å². The number of carbonyl (C=O) groups excluding carboxylic acids is 1. The molecule has 0 fully saturated rings. The number of anilines is 1. The van der Waals surface area contributed by atoms with E-state index in [0.717, 1.165) is 11.1 Å². The van der Waals surface area contributed by atoms with E-state index in [4.69, 9.17) is 4.74 Å². The van der Waals surface area contributed by atoms with E-state index in [1.54, 1.807) is 26.3 Å². The van der Waals surface area contributed by atoms with Gasteiger partial charge in [0.25, 0.3) is 0 Å². The molecular formula is C22H29FN4O2. The monoisotopic (exact) mass is 400 g/mol. The van der Waals surface area contributed by atoms with E-state index in [9.17, 15) is 9.18 Å². The van der Waals surface area contributed by atoms with Crippen molar-refractivity contribution in [3.63, 3.8) is 0 Å². The molecule has 0 radical (unpaired) electrons. The van der Waals surface area contributed by atoms with Crippen LogP contribution < -0.4 is 20.7 Å². The van der Waals surface area contributed by atoms with Gasteiger partial charge in [0.05, 0.1) is 12.8 Å². The molecule has 7 heteroatoms. The molecule has 3 N–H and O–H groups in total. The third-order valence-electron chi connectivity index (χ3n) is 4.56. The van der Waals surface area contributed by atoms with Gasteiger partial charge in [0.15, 0.2) is 5.96 Å². The van der Waals surface area contributed by atoms with E-state index in [1.807, 2.05) is 38.1 Å². The molecule has 0 heterocycles. The standard InChI is InChI=1S/C22H29FN4O2/c1-15(28)27-19-11-16(9-10-20(19)29-5)13-25-21(24-4)26-14-22(2,3)17-7-6-8-18(23)12-17/h6-12H,13-14H2,1-5H3,(H,27,28)(H2,24,25,26). The van der Waals surface area contributed by atoms with Crippen LogP contribution in [0, 0.1) is 5.82 Å². The number of guanidine groups is 1. The van der Waals surface area contributed by atoms with Crippen molar-refractivity contribution in [1.82, 2.24) is 10.6 Å². The van der Waals surface area contributed by atoms with Gasteiger partial charge in [-0.2, -0.15) is 0 Å². The highest BCUT2D eigenvalue weighted by Gasteiger charge is 2.21. The summed E-state index contributed by atoms with van der Waals surface area (Å²) >= 11 is 0. The lowest BCUT2D eigenvalue weighted by Gasteiger charge is -2.27. The molecule has 0 saturated carbocycles. The summed E-state index contributed by atoms with van der Waals surface area (Å²) < 4.78 is 18.8. The van der Waals surface area contributed by atoms with E-state index in [2.05, 4.69) is 20.9 Å². The van der Waals surface area contributed by atoms with Gasteiger partial charge in [0.1, 0.15) is 11.6 Å². The fourth-order valence-electron chi connectivity index (χ4n) is 2.88. The first kappa shape index (κ1) is 22.2. The van der Waals surface area contributed by atoms with Crippen molar-refractivity contribution < 1.29 is 13.9 Å². The van der Waals surface area contributed by atoms with Crippen molar-refractivity contribution in [2.75, 3.05) is 26.0 Å². The summed E-state index contributed by atoms with van der Waals surface area (Å²) in [6, 6.07) is 12.2. The first-order valence-corrected chi connectivity index (χ1v) is 9.40. The summed E-state index contributed by atoms with van der Waals surface area (Å²) in [6.07, 6.45) is 0. The highest BCUT2D eigenvalue weighted by atomic mass is 19.1. The zero-order chi connectivity index (χ0) is 21.4. The van der Waals surface area contributed by atoms with Crippen LogP contribution in [0.2, 0.25) is 0 Å². The maximum Gasteiger partial charge on any atom is 0.221 e. The third-order valence-corrected chi connectivity index (χ3v) is 4.56. The molecule has 0 aliphatic heterocycles. The number of carbonyl (C=O) groups is 1. The van der Waals surface area contributed by atoms with Crippen LogP contribution in [0.1, 0.15) is 31.9 Å². The van der Waals surface area contributed by atoms with Crippen LogP contribution in [0.15, 0.2) is 47.5 Å².